The first-order valence-electron chi connectivity index (χ1n) is 9.28. The third kappa shape index (κ3) is 5.17. The number of hydrazine groups is 2. The number of nitrogens with one attached hydrogen (secondary N) is 1. The van der Waals surface area contributed by atoms with Gasteiger partial charge in [-0.15, -0.1) is 0 Å². The molecule has 1 saturated heterocycles. The number of hydrogen-bond acceptors (Lipinski definition) is 6. The molecule has 6 nitrogen and oxygen atoms in total. The van der Waals surface area contributed by atoms with E-state index in [0.717, 1.165) is 32.6 Å². The van der Waals surface area contributed by atoms with Crippen LogP contribution in [0.1, 0.15) is 16.7 Å². The van der Waals surface area contributed by atoms with E-state index in [1.165, 1.54) is 16.7 Å². The van der Waals surface area contributed by atoms with Gasteiger partial charge in [0.1, 0.15) is 0 Å². The molecule has 0 atom stereocenters. The summed E-state index contributed by atoms with van der Waals surface area (Å²) in [7, 11) is 0. The van der Waals surface area contributed by atoms with E-state index in [1.54, 1.807) is 0 Å². The Balaban J connectivity index is 1.47. The number of pyridine rings is 3. The van der Waals surface area contributed by atoms with Gasteiger partial charge in [0.2, 0.25) is 0 Å². The van der Waals surface area contributed by atoms with Crippen LogP contribution >= 0.6 is 0 Å². The summed E-state index contributed by atoms with van der Waals surface area (Å²) in [6.07, 6.45) is 12.3. The molecule has 6 heteroatoms. The molecule has 27 heavy (non-hydrogen) atoms. The summed E-state index contributed by atoms with van der Waals surface area (Å²) in [6, 6.07) is 12.4. The standard InChI is InChI=1S/C21H24N6/c1-4-18(11-22-7-1)10-21-16-26(14-19-5-2-8-23-12-19)25-27(17-21)15-20-6-3-9-24-13-20/h1-9,11-13,21,25H,10,14-17H2. The summed E-state index contributed by atoms with van der Waals surface area (Å²) in [5.41, 5.74) is 7.25. The van der Waals surface area contributed by atoms with Crippen LogP contribution in [0.15, 0.2) is 73.6 Å². The first-order valence-corrected chi connectivity index (χ1v) is 9.28. The predicted octanol–water partition coefficient (Wildman–Crippen LogP) is 2.47. The minimum Gasteiger partial charge on any atom is -0.264 e. The van der Waals surface area contributed by atoms with Crippen molar-refractivity contribution in [1.29, 1.82) is 0 Å². The van der Waals surface area contributed by atoms with Crippen LogP contribution in [-0.4, -0.2) is 38.1 Å². The van der Waals surface area contributed by atoms with Gasteiger partial charge in [-0.2, -0.15) is 5.53 Å². The molecule has 1 N–H and O–H groups in total. The van der Waals surface area contributed by atoms with Gasteiger partial charge in [0.25, 0.3) is 0 Å². The second-order valence-electron chi connectivity index (χ2n) is 7.02. The Labute approximate surface area is 159 Å². The van der Waals surface area contributed by atoms with Gasteiger partial charge in [0.15, 0.2) is 0 Å². The smallest absolute Gasteiger partial charge is 0.0410 e. The summed E-state index contributed by atoms with van der Waals surface area (Å²) >= 11 is 0. The molecule has 0 saturated carbocycles. The van der Waals surface area contributed by atoms with Crippen LogP contribution in [0.3, 0.4) is 0 Å². The number of rotatable bonds is 6. The zero-order valence-electron chi connectivity index (χ0n) is 15.3. The second kappa shape index (κ2) is 8.81. The van der Waals surface area contributed by atoms with E-state index in [4.69, 9.17) is 0 Å². The monoisotopic (exact) mass is 360 g/mol. The molecule has 1 aliphatic rings. The topological polar surface area (TPSA) is 57.2 Å². The average Bonchev–Trinajstić information content (AvgIpc) is 2.70. The number of hydrogen-bond donors (Lipinski definition) is 1. The molecule has 1 fully saturated rings. The van der Waals surface area contributed by atoms with Gasteiger partial charge in [-0.05, 0) is 47.2 Å². The maximum atomic E-state index is 4.26. The van der Waals surface area contributed by atoms with Crippen LogP contribution in [0.5, 0.6) is 0 Å². The highest BCUT2D eigenvalue weighted by Gasteiger charge is 2.25. The Morgan fingerprint density at radius 2 is 1.22 bits per heavy atom. The molecule has 4 heterocycles. The van der Waals surface area contributed by atoms with Gasteiger partial charge < -0.3 is 0 Å². The zero-order valence-corrected chi connectivity index (χ0v) is 15.3. The average molecular weight is 360 g/mol. The third-order valence-electron chi connectivity index (χ3n) is 4.68. The number of nitrogens with zero attached hydrogens (tertiary/aromatic N) is 5. The van der Waals surface area contributed by atoms with Crippen molar-refractivity contribution in [2.75, 3.05) is 13.1 Å². The molecule has 4 rings (SSSR count). The fourth-order valence-corrected chi connectivity index (χ4v) is 3.57. The molecule has 1 aliphatic heterocycles. The fourth-order valence-electron chi connectivity index (χ4n) is 3.57. The van der Waals surface area contributed by atoms with Crippen molar-refractivity contribution >= 4 is 0 Å². The first-order chi connectivity index (χ1) is 13.3. The highest BCUT2D eigenvalue weighted by Crippen LogP contribution is 2.17. The van der Waals surface area contributed by atoms with Crippen molar-refractivity contribution < 1.29 is 0 Å². The summed E-state index contributed by atoms with van der Waals surface area (Å²) < 4.78 is 0. The van der Waals surface area contributed by atoms with Gasteiger partial charge >= 0.3 is 0 Å². The van der Waals surface area contributed by atoms with Crippen LogP contribution in [-0.2, 0) is 19.5 Å². The van der Waals surface area contributed by atoms with Gasteiger partial charge in [-0.25, -0.2) is 10.0 Å². The van der Waals surface area contributed by atoms with Crippen molar-refractivity contribution in [3.8, 4) is 0 Å². The van der Waals surface area contributed by atoms with Crippen LogP contribution in [0, 0.1) is 5.92 Å². The van der Waals surface area contributed by atoms with Crippen molar-refractivity contribution in [1.82, 2.24) is 30.5 Å². The molecule has 3 aromatic rings. The highest BCUT2D eigenvalue weighted by molar-refractivity contribution is 5.12. The summed E-state index contributed by atoms with van der Waals surface area (Å²) in [5, 5.41) is 4.55. The molecule has 0 spiro atoms. The summed E-state index contributed by atoms with van der Waals surface area (Å²) in [6.45, 7) is 3.60. The van der Waals surface area contributed by atoms with Crippen molar-refractivity contribution in [3.05, 3.63) is 90.3 Å². The normalized spacial score (nSPS) is 16.4. The lowest BCUT2D eigenvalue weighted by Gasteiger charge is -2.41. The van der Waals surface area contributed by atoms with Gasteiger partial charge in [-0.3, -0.25) is 15.0 Å². The molecule has 0 aromatic carbocycles. The van der Waals surface area contributed by atoms with E-state index in [2.05, 4.69) is 48.7 Å². The van der Waals surface area contributed by atoms with E-state index in [-0.39, 0.29) is 0 Å². The maximum absolute atomic E-state index is 4.26. The SMILES string of the molecule is c1cncc(CC2CN(Cc3cccnc3)NN(Cc3cccnc3)C2)c1. The number of aromatic nitrogens is 3. The van der Waals surface area contributed by atoms with Gasteiger partial charge in [0, 0.05) is 63.4 Å². The Bertz CT molecular complexity index is 693. The van der Waals surface area contributed by atoms with Crippen LogP contribution in [0.25, 0.3) is 0 Å². The molecular weight excluding hydrogens is 336 g/mol. The minimum absolute atomic E-state index is 0.517. The van der Waals surface area contributed by atoms with Gasteiger partial charge in [-0.1, -0.05) is 18.2 Å². The molecule has 0 bridgehead atoms. The predicted molar refractivity (Wildman–Crippen MR) is 104 cm³/mol. The Morgan fingerprint density at radius 3 is 1.67 bits per heavy atom. The quantitative estimate of drug-likeness (QED) is 0.729. The minimum atomic E-state index is 0.517. The largest absolute Gasteiger partial charge is 0.264 e. The first kappa shape index (κ1) is 17.7. The molecule has 0 radical (unpaired) electrons. The van der Waals surface area contributed by atoms with Crippen LogP contribution < -0.4 is 5.53 Å². The van der Waals surface area contributed by atoms with Crippen LogP contribution in [0.4, 0.5) is 0 Å². The van der Waals surface area contributed by atoms with Crippen molar-refractivity contribution in [3.63, 3.8) is 0 Å². The maximum Gasteiger partial charge on any atom is 0.0410 e. The molecule has 0 amide bonds. The molecule has 0 unspecified atom stereocenters. The summed E-state index contributed by atoms with van der Waals surface area (Å²) in [5.74, 6) is 0.517. The van der Waals surface area contributed by atoms with E-state index in [0.29, 0.717) is 5.92 Å². The molecule has 0 aliphatic carbocycles. The third-order valence-corrected chi connectivity index (χ3v) is 4.68. The lowest BCUT2D eigenvalue weighted by atomic mass is 9.99. The van der Waals surface area contributed by atoms with Crippen molar-refractivity contribution in [2.24, 2.45) is 5.92 Å². The Morgan fingerprint density at radius 1 is 0.741 bits per heavy atom. The highest BCUT2D eigenvalue weighted by atomic mass is 15.8. The summed E-state index contributed by atoms with van der Waals surface area (Å²) in [4.78, 5) is 12.7. The molecule has 138 valence electrons. The second-order valence-corrected chi connectivity index (χ2v) is 7.02. The Kier molecular flexibility index (Phi) is 5.79. The molecular formula is C21H24N6. The Hall–Kier alpha value is -2.67. The lowest BCUT2D eigenvalue weighted by molar-refractivity contribution is -0.0541. The van der Waals surface area contributed by atoms with E-state index in [1.807, 2.05) is 55.4 Å². The van der Waals surface area contributed by atoms with E-state index >= 15 is 0 Å². The van der Waals surface area contributed by atoms with E-state index in [9.17, 15) is 0 Å². The van der Waals surface area contributed by atoms with Crippen molar-refractivity contribution in [2.45, 2.75) is 19.5 Å². The van der Waals surface area contributed by atoms with Gasteiger partial charge in [0.05, 0.1) is 0 Å². The van der Waals surface area contributed by atoms with E-state index < -0.39 is 0 Å². The molecule has 3 aromatic heterocycles. The zero-order chi connectivity index (χ0) is 18.3. The van der Waals surface area contributed by atoms with Crippen LogP contribution in [0.2, 0.25) is 0 Å². The lowest BCUT2D eigenvalue weighted by Crippen LogP contribution is -2.58. The fraction of sp³-hybridized carbons (Fsp3) is 0.286.